The van der Waals surface area contributed by atoms with Gasteiger partial charge in [-0.15, -0.1) is 0 Å². The number of hydrogen-bond donors (Lipinski definition) is 3. The molecule has 4 atom stereocenters. The number of carboxylic acids is 1. The van der Waals surface area contributed by atoms with Crippen molar-refractivity contribution in [1.82, 2.24) is 10.6 Å². The summed E-state index contributed by atoms with van der Waals surface area (Å²) in [5.74, 6) is -1.64. The molecule has 2 amide bonds. The zero-order valence-corrected chi connectivity index (χ0v) is 18.0. The molecule has 8 nitrogen and oxygen atoms in total. The summed E-state index contributed by atoms with van der Waals surface area (Å²) in [7, 11) is 0. The second-order valence-corrected chi connectivity index (χ2v) is 8.84. The fourth-order valence-electron chi connectivity index (χ4n) is 4.90. The Morgan fingerprint density at radius 1 is 1.03 bits per heavy atom. The number of benzene rings is 2. The summed E-state index contributed by atoms with van der Waals surface area (Å²) in [6, 6.07) is 15.7. The van der Waals surface area contributed by atoms with Gasteiger partial charge in [0.2, 0.25) is 0 Å². The Morgan fingerprint density at radius 2 is 1.70 bits per heavy atom. The molecule has 1 heterocycles. The largest absolute Gasteiger partial charge is 0.481 e. The Bertz CT molecular complexity index is 1040. The Balaban J connectivity index is 1.15. The lowest BCUT2D eigenvalue weighted by Gasteiger charge is -2.20. The van der Waals surface area contributed by atoms with Gasteiger partial charge in [-0.1, -0.05) is 48.5 Å². The van der Waals surface area contributed by atoms with E-state index in [1.54, 1.807) is 0 Å². The van der Waals surface area contributed by atoms with Crippen molar-refractivity contribution >= 4 is 18.0 Å². The molecule has 8 heteroatoms. The van der Waals surface area contributed by atoms with Crippen molar-refractivity contribution in [3.8, 4) is 11.1 Å². The van der Waals surface area contributed by atoms with Crippen molar-refractivity contribution < 1.29 is 29.0 Å². The van der Waals surface area contributed by atoms with Crippen LogP contribution in [0.4, 0.5) is 4.79 Å². The van der Waals surface area contributed by atoms with E-state index in [1.807, 2.05) is 24.3 Å². The molecule has 3 N–H and O–H groups in total. The molecule has 2 aromatic rings. The number of alkyl carbamates (subject to hydrolysis) is 1. The van der Waals surface area contributed by atoms with E-state index in [9.17, 15) is 14.4 Å². The zero-order chi connectivity index (χ0) is 22.9. The van der Waals surface area contributed by atoms with Gasteiger partial charge in [0.1, 0.15) is 6.61 Å². The molecule has 2 aliphatic carbocycles. The molecule has 1 saturated carbocycles. The van der Waals surface area contributed by atoms with Crippen LogP contribution in [0.2, 0.25) is 0 Å². The number of amides is 2. The van der Waals surface area contributed by atoms with E-state index >= 15 is 0 Å². The molecule has 0 aromatic heterocycles. The molecule has 1 saturated heterocycles. The number of rotatable bonds is 7. The lowest BCUT2D eigenvalue weighted by atomic mass is 9.98. The van der Waals surface area contributed by atoms with Crippen LogP contribution < -0.4 is 10.6 Å². The summed E-state index contributed by atoms with van der Waals surface area (Å²) >= 11 is 0. The SMILES string of the molecule is O=C(NC1CCOC1C(=O)NCC1CC1C(=O)O)OCC1c2ccccc2-c2ccccc21. The van der Waals surface area contributed by atoms with Crippen molar-refractivity contribution in [1.29, 1.82) is 0 Å². The summed E-state index contributed by atoms with van der Waals surface area (Å²) < 4.78 is 11.1. The van der Waals surface area contributed by atoms with E-state index in [1.165, 1.54) is 0 Å². The number of aliphatic carboxylic acids is 1. The Kier molecular flexibility index (Phi) is 5.76. The van der Waals surface area contributed by atoms with E-state index < -0.39 is 24.2 Å². The van der Waals surface area contributed by atoms with Gasteiger partial charge in [-0.3, -0.25) is 9.59 Å². The van der Waals surface area contributed by atoms with Gasteiger partial charge in [-0.25, -0.2) is 4.79 Å². The monoisotopic (exact) mass is 450 g/mol. The number of carbonyl (C=O) groups is 3. The van der Waals surface area contributed by atoms with Gasteiger partial charge in [0, 0.05) is 19.1 Å². The van der Waals surface area contributed by atoms with Crippen LogP contribution in [0.15, 0.2) is 48.5 Å². The molecule has 172 valence electrons. The summed E-state index contributed by atoms with van der Waals surface area (Å²) in [6.07, 6.45) is -0.322. The third kappa shape index (κ3) is 4.30. The molecule has 2 aromatic carbocycles. The molecule has 3 aliphatic rings. The lowest BCUT2D eigenvalue weighted by molar-refractivity contribution is -0.139. The highest BCUT2D eigenvalue weighted by molar-refractivity contribution is 5.83. The van der Waals surface area contributed by atoms with E-state index in [4.69, 9.17) is 14.6 Å². The highest BCUT2D eigenvalue weighted by Crippen LogP contribution is 2.44. The van der Waals surface area contributed by atoms with Gasteiger partial charge in [0.15, 0.2) is 6.10 Å². The van der Waals surface area contributed by atoms with Gasteiger partial charge < -0.3 is 25.2 Å². The second kappa shape index (κ2) is 8.86. The van der Waals surface area contributed by atoms with Gasteiger partial charge in [0.05, 0.1) is 12.0 Å². The van der Waals surface area contributed by atoms with Crippen LogP contribution in [0.5, 0.6) is 0 Å². The van der Waals surface area contributed by atoms with Crippen LogP contribution in [0.25, 0.3) is 11.1 Å². The summed E-state index contributed by atoms with van der Waals surface area (Å²) in [6.45, 7) is 0.851. The number of hydrogen-bond acceptors (Lipinski definition) is 5. The summed E-state index contributed by atoms with van der Waals surface area (Å²) in [4.78, 5) is 36.0. The fourth-order valence-corrected chi connectivity index (χ4v) is 4.90. The molecule has 0 bridgehead atoms. The van der Waals surface area contributed by atoms with Crippen molar-refractivity contribution in [3.05, 3.63) is 59.7 Å². The number of carbonyl (C=O) groups excluding carboxylic acids is 2. The molecule has 2 fully saturated rings. The van der Waals surface area contributed by atoms with Crippen molar-refractivity contribution in [3.63, 3.8) is 0 Å². The summed E-state index contributed by atoms with van der Waals surface area (Å²) in [5.41, 5.74) is 4.58. The summed E-state index contributed by atoms with van der Waals surface area (Å²) in [5, 5.41) is 14.5. The van der Waals surface area contributed by atoms with Crippen LogP contribution in [0, 0.1) is 11.8 Å². The van der Waals surface area contributed by atoms with E-state index in [2.05, 4.69) is 34.9 Å². The maximum absolute atomic E-state index is 12.6. The maximum Gasteiger partial charge on any atom is 0.407 e. The standard InChI is InChI=1S/C25H26N2O6/c28-23(26-12-14-11-19(14)24(29)30)22-21(9-10-32-22)27-25(31)33-13-20-17-7-3-1-5-15(17)16-6-2-4-8-18(16)20/h1-8,14,19-22H,9-13H2,(H,26,28)(H,27,31)(H,29,30). The van der Waals surface area contributed by atoms with Gasteiger partial charge in [0.25, 0.3) is 5.91 Å². The number of nitrogens with one attached hydrogen (secondary N) is 2. The number of ether oxygens (including phenoxy) is 2. The molecule has 0 radical (unpaired) electrons. The first-order chi connectivity index (χ1) is 16.0. The maximum atomic E-state index is 12.6. The van der Waals surface area contributed by atoms with Crippen LogP contribution >= 0.6 is 0 Å². The Morgan fingerprint density at radius 3 is 2.33 bits per heavy atom. The average molecular weight is 450 g/mol. The molecular weight excluding hydrogens is 424 g/mol. The first-order valence-corrected chi connectivity index (χ1v) is 11.3. The second-order valence-electron chi connectivity index (χ2n) is 8.84. The Hall–Kier alpha value is -3.39. The van der Waals surface area contributed by atoms with Crippen LogP contribution in [0.3, 0.4) is 0 Å². The van der Waals surface area contributed by atoms with Crippen LogP contribution in [-0.2, 0) is 19.1 Å². The normalized spacial score (nSPS) is 25.1. The van der Waals surface area contributed by atoms with E-state index in [0.29, 0.717) is 26.0 Å². The van der Waals surface area contributed by atoms with Gasteiger partial charge in [-0.2, -0.15) is 0 Å². The first kappa shape index (κ1) is 21.5. The highest BCUT2D eigenvalue weighted by Gasteiger charge is 2.44. The minimum absolute atomic E-state index is 0.0391. The van der Waals surface area contributed by atoms with E-state index in [0.717, 1.165) is 22.3 Å². The molecule has 5 rings (SSSR count). The van der Waals surface area contributed by atoms with E-state index in [-0.39, 0.29) is 30.3 Å². The van der Waals surface area contributed by atoms with Crippen molar-refractivity contribution in [2.45, 2.75) is 30.9 Å². The predicted octanol–water partition coefficient (Wildman–Crippen LogP) is 2.52. The average Bonchev–Trinajstić information content (AvgIpc) is 3.35. The molecule has 1 aliphatic heterocycles. The van der Waals surface area contributed by atoms with Gasteiger partial charge in [-0.05, 0) is 41.0 Å². The first-order valence-electron chi connectivity index (χ1n) is 11.3. The Labute approximate surface area is 191 Å². The third-order valence-corrected chi connectivity index (χ3v) is 6.78. The van der Waals surface area contributed by atoms with Crippen LogP contribution in [0.1, 0.15) is 29.9 Å². The minimum atomic E-state index is -0.832. The zero-order valence-electron chi connectivity index (χ0n) is 18.0. The smallest absolute Gasteiger partial charge is 0.407 e. The predicted molar refractivity (Wildman–Crippen MR) is 119 cm³/mol. The molecule has 4 unspecified atom stereocenters. The molecular formula is C25H26N2O6. The highest BCUT2D eigenvalue weighted by atomic mass is 16.6. The van der Waals surface area contributed by atoms with Gasteiger partial charge >= 0.3 is 12.1 Å². The van der Waals surface area contributed by atoms with Crippen LogP contribution in [-0.4, -0.2) is 55.0 Å². The minimum Gasteiger partial charge on any atom is -0.481 e. The van der Waals surface area contributed by atoms with Crippen molar-refractivity contribution in [2.24, 2.45) is 11.8 Å². The molecule has 0 spiro atoms. The number of fused-ring (bicyclic) bond motifs is 3. The molecule has 33 heavy (non-hydrogen) atoms. The van der Waals surface area contributed by atoms with Crippen molar-refractivity contribution in [2.75, 3.05) is 19.8 Å². The third-order valence-electron chi connectivity index (χ3n) is 6.78. The topological polar surface area (TPSA) is 114 Å². The fraction of sp³-hybridized carbons (Fsp3) is 0.400. The number of carboxylic acid groups (broad SMARTS) is 1. The quantitative estimate of drug-likeness (QED) is 0.597. The lowest BCUT2D eigenvalue weighted by Crippen LogP contribution is -2.48.